The van der Waals surface area contributed by atoms with Crippen molar-refractivity contribution in [2.75, 3.05) is 32.6 Å². The number of thioether (sulfide) groups is 1. The normalized spacial score (nSPS) is 7.64. The van der Waals surface area contributed by atoms with E-state index < -0.39 is 0 Å². The molecular formula is C9H25NS. The minimum absolute atomic E-state index is 1.20. The lowest BCUT2D eigenvalue weighted by atomic mass is 10.7. The fourth-order valence-corrected chi connectivity index (χ4v) is 0.822. The quantitative estimate of drug-likeness (QED) is 0.655. The zero-order valence-corrected chi connectivity index (χ0v) is 10.1. The van der Waals surface area contributed by atoms with E-state index in [0.29, 0.717) is 0 Å². The van der Waals surface area contributed by atoms with Crippen LogP contribution in [0.15, 0.2) is 0 Å². The Morgan fingerprint density at radius 2 is 1.36 bits per heavy atom. The van der Waals surface area contributed by atoms with Gasteiger partial charge in [0.15, 0.2) is 0 Å². The second-order valence-corrected chi connectivity index (χ2v) is 2.78. The van der Waals surface area contributed by atoms with Gasteiger partial charge in [0.2, 0.25) is 0 Å². The van der Waals surface area contributed by atoms with Crippen molar-refractivity contribution in [3.8, 4) is 0 Å². The lowest BCUT2D eigenvalue weighted by molar-refractivity contribution is 0.437. The Bertz CT molecular complexity index is 38.5. The Balaban J connectivity index is -0.000000138. The average molecular weight is 179 g/mol. The van der Waals surface area contributed by atoms with Crippen molar-refractivity contribution >= 4 is 11.8 Å². The van der Waals surface area contributed by atoms with E-state index in [2.05, 4.69) is 25.3 Å². The van der Waals surface area contributed by atoms with Crippen LogP contribution >= 0.6 is 11.8 Å². The van der Waals surface area contributed by atoms with Crippen molar-refractivity contribution in [2.24, 2.45) is 0 Å². The van der Waals surface area contributed by atoms with Crippen LogP contribution in [0.1, 0.15) is 27.7 Å². The van der Waals surface area contributed by atoms with Crippen molar-refractivity contribution in [3.05, 3.63) is 0 Å². The number of hydrogen-bond donors (Lipinski definition) is 0. The molecule has 0 amide bonds. The van der Waals surface area contributed by atoms with E-state index in [1.807, 2.05) is 39.5 Å². The predicted molar refractivity (Wildman–Crippen MR) is 59.6 cm³/mol. The number of rotatable bonds is 3. The molecule has 0 aromatic rings. The molecule has 0 aromatic carbocycles. The molecule has 0 atom stereocenters. The maximum absolute atomic E-state index is 2.19. The third-order valence-electron chi connectivity index (χ3n) is 0.743. The van der Waals surface area contributed by atoms with Crippen LogP contribution in [0, 0.1) is 0 Å². The van der Waals surface area contributed by atoms with Gasteiger partial charge in [0.25, 0.3) is 0 Å². The molecule has 0 saturated heterocycles. The molecule has 0 spiro atoms. The molecule has 0 bridgehead atoms. The topological polar surface area (TPSA) is 3.24 Å². The summed E-state index contributed by atoms with van der Waals surface area (Å²) in [7, 11) is 4.19. The summed E-state index contributed by atoms with van der Waals surface area (Å²) >= 11 is 1.89. The zero-order valence-electron chi connectivity index (χ0n) is 9.27. The molecule has 0 aromatic heterocycles. The molecule has 0 saturated carbocycles. The van der Waals surface area contributed by atoms with Gasteiger partial charge in [0.1, 0.15) is 0 Å². The van der Waals surface area contributed by atoms with Gasteiger partial charge in [0.05, 0.1) is 0 Å². The van der Waals surface area contributed by atoms with Crippen LogP contribution in [-0.2, 0) is 0 Å². The predicted octanol–water partition coefficient (Wildman–Crippen LogP) is 2.96. The Kier molecular flexibility index (Phi) is 35.5. The second-order valence-electron chi connectivity index (χ2n) is 1.80. The molecule has 0 fully saturated rings. The highest BCUT2D eigenvalue weighted by Crippen LogP contribution is 1.89. The van der Waals surface area contributed by atoms with E-state index in [-0.39, 0.29) is 0 Å². The highest BCUT2D eigenvalue weighted by molar-refractivity contribution is 7.98. The summed E-state index contributed by atoms with van der Waals surface area (Å²) in [6.07, 6.45) is 2.13. The van der Waals surface area contributed by atoms with Crippen molar-refractivity contribution in [1.82, 2.24) is 4.90 Å². The van der Waals surface area contributed by atoms with Crippen molar-refractivity contribution < 1.29 is 0 Å². The van der Waals surface area contributed by atoms with Gasteiger partial charge < -0.3 is 4.90 Å². The van der Waals surface area contributed by atoms with E-state index >= 15 is 0 Å². The monoisotopic (exact) mass is 179 g/mol. The lowest BCUT2D eigenvalue weighted by Gasteiger charge is -2.05. The smallest absolute Gasteiger partial charge is 0.00661 e. The van der Waals surface area contributed by atoms with Crippen molar-refractivity contribution in [3.63, 3.8) is 0 Å². The molecule has 0 aliphatic carbocycles. The third-order valence-corrected chi connectivity index (χ3v) is 1.33. The summed E-state index contributed by atoms with van der Waals surface area (Å²) in [5.74, 6) is 1.24. The summed E-state index contributed by atoms with van der Waals surface area (Å²) in [5.41, 5.74) is 0. The van der Waals surface area contributed by atoms with Gasteiger partial charge in [0, 0.05) is 12.3 Å². The van der Waals surface area contributed by atoms with Gasteiger partial charge in [-0.2, -0.15) is 11.8 Å². The first-order valence-electron chi connectivity index (χ1n) is 4.41. The summed E-state index contributed by atoms with van der Waals surface area (Å²) in [5, 5.41) is 0. The average Bonchev–Trinajstić information content (AvgIpc) is 2.08. The van der Waals surface area contributed by atoms with Crippen LogP contribution in [-0.4, -0.2) is 37.5 Å². The summed E-state index contributed by atoms with van der Waals surface area (Å²) in [4.78, 5) is 2.19. The molecular weight excluding hydrogens is 154 g/mol. The highest BCUT2D eigenvalue weighted by Gasteiger charge is 1.83. The first kappa shape index (κ1) is 17.4. The first-order chi connectivity index (χ1) is 5.27. The fourth-order valence-electron chi connectivity index (χ4n) is 0.274. The first-order valence-corrected chi connectivity index (χ1v) is 5.80. The fraction of sp³-hybridized carbons (Fsp3) is 1.00. The van der Waals surface area contributed by atoms with Crippen LogP contribution in [0.4, 0.5) is 0 Å². The van der Waals surface area contributed by atoms with Gasteiger partial charge in [-0.3, -0.25) is 0 Å². The van der Waals surface area contributed by atoms with Crippen LogP contribution in [0.3, 0.4) is 0 Å². The molecule has 2 heteroatoms. The zero-order chi connectivity index (χ0) is 9.70. The molecule has 0 aliphatic heterocycles. The molecule has 0 aliphatic rings. The Hall–Kier alpha value is 0.310. The van der Waals surface area contributed by atoms with Gasteiger partial charge in [-0.1, -0.05) is 27.7 Å². The maximum atomic E-state index is 2.19. The van der Waals surface area contributed by atoms with E-state index in [4.69, 9.17) is 0 Å². The summed E-state index contributed by atoms with van der Waals surface area (Å²) in [6, 6.07) is 0. The van der Waals surface area contributed by atoms with Crippen LogP contribution in [0.2, 0.25) is 0 Å². The molecule has 0 unspecified atom stereocenters. The van der Waals surface area contributed by atoms with E-state index in [1.165, 1.54) is 12.3 Å². The highest BCUT2D eigenvalue weighted by atomic mass is 32.2. The molecule has 0 radical (unpaired) electrons. The molecule has 0 rings (SSSR count). The molecule has 0 N–H and O–H groups in total. The number of nitrogens with zero attached hydrogens (tertiary/aromatic N) is 1. The number of hydrogen-bond acceptors (Lipinski definition) is 2. The second kappa shape index (κ2) is 22.4. The Labute approximate surface area is 77.6 Å². The van der Waals surface area contributed by atoms with Crippen molar-refractivity contribution in [1.29, 1.82) is 0 Å². The van der Waals surface area contributed by atoms with Crippen LogP contribution in [0.25, 0.3) is 0 Å². The van der Waals surface area contributed by atoms with Crippen LogP contribution in [0.5, 0.6) is 0 Å². The molecule has 72 valence electrons. The van der Waals surface area contributed by atoms with Gasteiger partial charge in [-0.05, 0) is 20.4 Å². The van der Waals surface area contributed by atoms with E-state index in [0.717, 1.165) is 0 Å². The van der Waals surface area contributed by atoms with Gasteiger partial charge >= 0.3 is 0 Å². The minimum Gasteiger partial charge on any atom is -0.309 e. The summed E-state index contributed by atoms with van der Waals surface area (Å²) < 4.78 is 0. The Morgan fingerprint density at radius 1 is 1.00 bits per heavy atom. The van der Waals surface area contributed by atoms with E-state index in [9.17, 15) is 0 Å². The minimum atomic E-state index is 1.20. The lowest BCUT2D eigenvalue weighted by Crippen LogP contribution is -2.14. The standard InChI is InChI=1S/C5H13NS.2C2H6/c1-6(2)4-5-7-3;2*1-2/h4-5H2,1-3H3;2*1-2H3. The Morgan fingerprint density at radius 3 is 1.45 bits per heavy atom. The summed E-state index contributed by atoms with van der Waals surface area (Å²) in [6.45, 7) is 9.20. The largest absolute Gasteiger partial charge is 0.309 e. The molecule has 0 heterocycles. The van der Waals surface area contributed by atoms with Crippen LogP contribution < -0.4 is 0 Å². The van der Waals surface area contributed by atoms with E-state index in [1.54, 1.807) is 0 Å². The van der Waals surface area contributed by atoms with Crippen molar-refractivity contribution in [2.45, 2.75) is 27.7 Å². The SMILES string of the molecule is CC.CC.CSCCN(C)C. The third kappa shape index (κ3) is 38.3. The van der Waals surface area contributed by atoms with Gasteiger partial charge in [-0.15, -0.1) is 0 Å². The molecule has 1 nitrogen and oxygen atoms in total. The maximum Gasteiger partial charge on any atom is 0.00661 e. The molecule has 11 heavy (non-hydrogen) atoms. The van der Waals surface area contributed by atoms with Gasteiger partial charge in [-0.25, -0.2) is 0 Å².